The molecule has 1 amide bonds. The van der Waals surface area contributed by atoms with Crippen LogP contribution < -0.4 is 20.7 Å². The summed E-state index contributed by atoms with van der Waals surface area (Å²) in [6.45, 7) is 1.79. The van der Waals surface area contributed by atoms with Crippen molar-refractivity contribution in [2.75, 3.05) is 10.2 Å². The molecule has 0 spiro atoms. The monoisotopic (exact) mass is 473 g/mol. The Morgan fingerprint density at radius 1 is 1.20 bits per heavy atom. The number of imidazole rings is 1. The van der Waals surface area contributed by atoms with E-state index in [1.54, 1.807) is 42.5 Å². The predicted molar refractivity (Wildman–Crippen MR) is 131 cm³/mol. The molecule has 0 aliphatic rings. The first-order chi connectivity index (χ1) is 16.8. The molecule has 2 aromatic heterocycles. The van der Waals surface area contributed by atoms with Crippen LogP contribution in [0, 0.1) is 5.41 Å². The maximum absolute atomic E-state index is 12.9. The van der Waals surface area contributed by atoms with Gasteiger partial charge in [-0.05, 0) is 55.5 Å². The number of hydrogen-bond acceptors (Lipinski definition) is 7. The fourth-order valence-corrected chi connectivity index (χ4v) is 3.35. The molecule has 2 aromatic carbocycles. The molecule has 0 fully saturated rings. The van der Waals surface area contributed by atoms with Crippen molar-refractivity contribution in [2.24, 2.45) is 5.73 Å². The lowest BCUT2D eigenvalue weighted by Crippen LogP contribution is -2.45. The molecule has 0 radical (unpaired) electrons. The van der Waals surface area contributed by atoms with Gasteiger partial charge in [0.1, 0.15) is 29.3 Å². The normalized spacial score (nSPS) is 11.6. The van der Waals surface area contributed by atoms with Gasteiger partial charge in [-0.15, -0.1) is 0 Å². The number of nitrogens with two attached hydrogens (primary N) is 1. The van der Waals surface area contributed by atoms with Gasteiger partial charge in [-0.1, -0.05) is 6.07 Å². The molecule has 35 heavy (non-hydrogen) atoms. The summed E-state index contributed by atoms with van der Waals surface area (Å²) in [7, 11) is 0. The summed E-state index contributed by atoms with van der Waals surface area (Å²) in [6, 6.07) is 15.7. The standard InChI is InChI=1S/C24H23N7O4/c1-14(23(32)33)31(21-4-2-3-11-27-21)24(34)35-17-9-10-18-19(12-17)30-20(29-18)13-28-16-7-5-15(6-8-16)22(25)26/h2-12,14,28H,13H2,1H3,(H3,25,26)(H,29,30)(H,32,33). The van der Waals surface area contributed by atoms with E-state index in [1.165, 1.54) is 19.2 Å². The van der Waals surface area contributed by atoms with Crippen molar-refractivity contribution in [3.63, 3.8) is 0 Å². The number of benzene rings is 2. The second-order valence-electron chi connectivity index (χ2n) is 7.65. The van der Waals surface area contributed by atoms with E-state index in [-0.39, 0.29) is 17.4 Å². The van der Waals surface area contributed by atoms with Crippen LogP contribution in [0.15, 0.2) is 66.9 Å². The van der Waals surface area contributed by atoms with Crippen LogP contribution in [0.3, 0.4) is 0 Å². The molecule has 0 saturated heterocycles. The number of fused-ring (bicyclic) bond motifs is 1. The molecule has 11 heteroatoms. The van der Waals surface area contributed by atoms with E-state index in [2.05, 4.69) is 20.3 Å². The summed E-state index contributed by atoms with van der Waals surface area (Å²) in [5, 5.41) is 20.1. The number of carbonyl (C=O) groups is 2. The largest absolute Gasteiger partial charge is 0.480 e. The van der Waals surface area contributed by atoms with Crippen molar-refractivity contribution in [1.82, 2.24) is 15.0 Å². The summed E-state index contributed by atoms with van der Waals surface area (Å²) in [4.78, 5) is 37.2. The average Bonchev–Trinajstić information content (AvgIpc) is 3.26. The molecule has 178 valence electrons. The van der Waals surface area contributed by atoms with Gasteiger partial charge in [-0.25, -0.2) is 24.5 Å². The number of pyridine rings is 1. The number of amides is 1. The lowest BCUT2D eigenvalue weighted by atomic mass is 10.2. The van der Waals surface area contributed by atoms with Crippen LogP contribution >= 0.6 is 0 Å². The molecular formula is C24H23N7O4. The van der Waals surface area contributed by atoms with Crippen molar-refractivity contribution in [2.45, 2.75) is 19.5 Å². The number of aromatic nitrogens is 3. The summed E-state index contributed by atoms with van der Waals surface area (Å²) in [5.74, 6) is -0.131. The molecule has 1 atom stereocenters. The highest BCUT2D eigenvalue weighted by Gasteiger charge is 2.30. The third-order valence-electron chi connectivity index (χ3n) is 5.20. The Labute approximate surface area is 200 Å². The number of carboxylic acids is 1. The van der Waals surface area contributed by atoms with Gasteiger partial charge in [0.25, 0.3) is 0 Å². The minimum Gasteiger partial charge on any atom is -0.480 e. The molecule has 2 heterocycles. The molecule has 0 aliphatic heterocycles. The van der Waals surface area contributed by atoms with Crippen LogP contribution in [0.1, 0.15) is 18.3 Å². The first-order valence-corrected chi connectivity index (χ1v) is 10.6. The molecule has 0 aliphatic carbocycles. The van der Waals surface area contributed by atoms with Gasteiger partial charge < -0.3 is 25.9 Å². The number of amidine groups is 1. The van der Waals surface area contributed by atoms with Gasteiger partial charge in [-0.3, -0.25) is 5.41 Å². The van der Waals surface area contributed by atoms with Gasteiger partial charge >= 0.3 is 12.1 Å². The zero-order chi connectivity index (χ0) is 24.9. The van der Waals surface area contributed by atoms with Crippen LogP contribution in [0.4, 0.5) is 16.3 Å². The van der Waals surface area contributed by atoms with Gasteiger partial charge in [0, 0.05) is 23.5 Å². The van der Waals surface area contributed by atoms with Gasteiger partial charge in [-0.2, -0.15) is 0 Å². The van der Waals surface area contributed by atoms with E-state index in [0.717, 1.165) is 10.6 Å². The molecule has 0 saturated carbocycles. The molecular weight excluding hydrogens is 450 g/mol. The first-order valence-electron chi connectivity index (χ1n) is 10.6. The number of carboxylic acid groups (broad SMARTS) is 1. The van der Waals surface area contributed by atoms with Gasteiger partial charge in [0.15, 0.2) is 0 Å². The van der Waals surface area contributed by atoms with Crippen LogP contribution in [-0.2, 0) is 11.3 Å². The number of ether oxygens (including phenoxy) is 1. The predicted octanol–water partition coefficient (Wildman–Crippen LogP) is 3.33. The Morgan fingerprint density at radius 3 is 2.63 bits per heavy atom. The quantitative estimate of drug-likeness (QED) is 0.192. The highest BCUT2D eigenvalue weighted by Crippen LogP contribution is 2.22. The molecule has 11 nitrogen and oxygen atoms in total. The van der Waals surface area contributed by atoms with Crippen molar-refractivity contribution >= 4 is 40.4 Å². The second-order valence-corrected chi connectivity index (χ2v) is 7.65. The zero-order valence-electron chi connectivity index (χ0n) is 18.7. The second kappa shape index (κ2) is 9.91. The van der Waals surface area contributed by atoms with E-state index >= 15 is 0 Å². The maximum atomic E-state index is 12.9. The maximum Gasteiger partial charge on any atom is 0.421 e. The smallest absolute Gasteiger partial charge is 0.421 e. The minimum absolute atomic E-state index is 0.00547. The fraction of sp³-hybridized carbons (Fsp3) is 0.125. The minimum atomic E-state index is -1.19. The lowest BCUT2D eigenvalue weighted by Gasteiger charge is -2.24. The fourth-order valence-electron chi connectivity index (χ4n) is 3.35. The number of H-pyrrole nitrogens is 1. The van der Waals surface area contributed by atoms with Crippen LogP contribution in [0.25, 0.3) is 11.0 Å². The highest BCUT2D eigenvalue weighted by atomic mass is 16.6. The number of carbonyl (C=O) groups excluding carboxylic acids is 1. The van der Waals surface area contributed by atoms with Crippen LogP contribution in [0.5, 0.6) is 5.75 Å². The number of nitrogen functional groups attached to an aromatic ring is 1. The number of aliphatic carboxylic acids is 1. The Bertz CT molecular complexity index is 1370. The van der Waals surface area contributed by atoms with Crippen molar-refractivity contribution < 1.29 is 19.4 Å². The summed E-state index contributed by atoms with van der Waals surface area (Å²) < 4.78 is 5.47. The SMILES string of the molecule is CC(C(=O)O)N(C(=O)Oc1ccc2nc(CNc3ccc(C(=N)N)cc3)[nH]c2c1)c1ccccn1. The molecule has 4 rings (SSSR count). The highest BCUT2D eigenvalue weighted by molar-refractivity contribution is 5.96. The number of hydrogen-bond donors (Lipinski definition) is 5. The third kappa shape index (κ3) is 5.36. The number of aromatic amines is 1. The summed E-state index contributed by atoms with van der Waals surface area (Å²) in [5.41, 5.74) is 8.28. The number of anilines is 2. The first kappa shape index (κ1) is 23.2. The molecule has 4 aromatic rings. The van der Waals surface area contributed by atoms with E-state index < -0.39 is 18.1 Å². The number of nitrogens with zero attached hydrogens (tertiary/aromatic N) is 3. The summed E-state index contributed by atoms with van der Waals surface area (Å²) >= 11 is 0. The number of rotatable bonds is 8. The third-order valence-corrected chi connectivity index (χ3v) is 5.20. The Hall–Kier alpha value is -4.93. The van der Waals surface area contributed by atoms with Crippen LogP contribution in [0.2, 0.25) is 0 Å². The van der Waals surface area contributed by atoms with Gasteiger partial charge in [0.2, 0.25) is 0 Å². The Balaban J connectivity index is 1.47. The van der Waals surface area contributed by atoms with Gasteiger partial charge in [0.05, 0.1) is 17.6 Å². The molecule has 0 bridgehead atoms. The van der Waals surface area contributed by atoms with E-state index in [9.17, 15) is 14.7 Å². The van der Waals surface area contributed by atoms with E-state index in [4.69, 9.17) is 15.9 Å². The molecule has 1 unspecified atom stereocenters. The van der Waals surface area contributed by atoms with Crippen molar-refractivity contribution in [3.8, 4) is 5.75 Å². The van der Waals surface area contributed by atoms with Crippen LogP contribution in [-0.4, -0.2) is 44.0 Å². The topological polar surface area (TPSA) is 170 Å². The van der Waals surface area contributed by atoms with E-state index in [1.807, 2.05) is 12.1 Å². The molecule has 6 N–H and O–H groups in total. The Morgan fingerprint density at radius 2 is 1.97 bits per heavy atom. The van der Waals surface area contributed by atoms with Crippen molar-refractivity contribution in [1.29, 1.82) is 5.41 Å². The van der Waals surface area contributed by atoms with Crippen molar-refractivity contribution in [3.05, 3.63) is 78.2 Å². The average molecular weight is 473 g/mol. The summed E-state index contributed by atoms with van der Waals surface area (Å²) in [6.07, 6.45) is 0.599. The zero-order valence-corrected chi connectivity index (χ0v) is 18.7. The Kier molecular flexibility index (Phi) is 6.58. The number of nitrogens with one attached hydrogen (secondary N) is 3. The lowest BCUT2D eigenvalue weighted by molar-refractivity contribution is -0.138. The van der Waals surface area contributed by atoms with E-state index in [0.29, 0.717) is 29.0 Å².